The van der Waals surface area contributed by atoms with Gasteiger partial charge in [0.25, 0.3) is 5.91 Å². The summed E-state index contributed by atoms with van der Waals surface area (Å²) in [4.78, 5) is 25.9. The normalized spacial score (nSPS) is 11.8. The van der Waals surface area contributed by atoms with Gasteiger partial charge in [0, 0.05) is 48.5 Å². The summed E-state index contributed by atoms with van der Waals surface area (Å²) in [6.07, 6.45) is 8.10. The first-order valence-corrected chi connectivity index (χ1v) is 10.3. The van der Waals surface area contributed by atoms with Crippen LogP contribution in [-0.2, 0) is 12.8 Å². The minimum absolute atomic E-state index is 0.0954. The van der Waals surface area contributed by atoms with E-state index >= 15 is 0 Å². The molecule has 30 heavy (non-hydrogen) atoms. The van der Waals surface area contributed by atoms with E-state index in [9.17, 15) is 9.18 Å². The number of rotatable bonds is 9. The Kier molecular flexibility index (Phi) is 7.60. The number of hydrogen-bond acceptors (Lipinski definition) is 4. The molecule has 5 nitrogen and oxygen atoms in total. The maximum atomic E-state index is 13.2. The molecule has 0 aliphatic carbocycles. The molecule has 0 saturated heterocycles. The van der Waals surface area contributed by atoms with Crippen molar-refractivity contribution in [2.45, 2.75) is 45.4 Å². The van der Waals surface area contributed by atoms with Gasteiger partial charge in [-0.25, -0.2) is 4.39 Å². The second kappa shape index (κ2) is 10.6. The third-order valence-electron chi connectivity index (χ3n) is 4.94. The van der Waals surface area contributed by atoms with Crippen LogP contribution < -0.4 is 5.32 Å². The van der Waals surface area contributed by atoms with Gasteiger partial charge in [-0.2, -0.15) is 0 Å². The number of benzene rings is 1. The summed E-state index contributed by atoms with van der Waals surface area (Å²) in [5, 5.41) is 2.97. The molecule has 0 radical (unpaired) electrons. The van der Waals surface area contributed by atoms with Crippen LogP contribution in [0.15, 0.2) is 55.0 Å². The summed E-state index contributed by atoms with van der Waals surface area (Å²) < 4.78 is 13.2. The van der Waals surface area contributed by atoms with Gasteiger partial charge in [-0.1, -0.05) is 32.4 Å². The molecule has 1 atom stereocenters. The molecule has 156 valence electrons. The van der Waals surface area contributed by atoms with E-state index in [1.165, 1.54) is 12.1 Å². The molecule has 0 bridgehead atoms. The van der Waals surface area contributed by atoms with Crippen molar-refractivity contribution < 1.29 is 9.18 Å². The van der Waals surface area contributed by atoms with Crippen molar-refractivity contribution in [2.24, 2.45) is 0 Å². The molecule has 0 aliphatic rings. The van der Waals surface area contributed by atoms with E-state index in [1.54, 1.807) is 30.7 Å². The quantitative estimate of drug-likeness (QED) is 0.532. The fourth-order valence-corrected chi connectivity index (χ4v) is 3.29. The van der Waals surface area contributed by atoms with Gasteiger partial charge in [-0.15, -0.1) is 0 Å². The summed E-state index contributed by atoms with van der Waals surface area (Å²) in [5.74, 6) is -0.205. The highest BCUT2D eigenvalue weighted by Gasteiger charge is 2.14. The Balaban J connectivity index is 1.84. The van der Waals surface area contributed by atoms with Crippen molar-refractivity contribution in [3.8, 4) is 0 Å². The number of carbonyl (C=O) groups is 1. The van der Waals surface area contributed by atoms with Crippen LogP contribution in [0.2, 0.25) is 0 Å². The summed E-state index contributed by atoms with van der Waals surface area (Å²) in [6.45, 7) is 4.82. The molecular formula is C24H27FN4O. The first kappa shape index (κ1) is 21.6. The van der Waals surface area contributed by atoms with Gasteiger partial charge in [-0.3, -0.25) is 19.7 Å². The number of nitrogens with zero attached hydrogens (tertiary/aromatic N) is 3. The fourth-order valence-electron chi connectivity index (χ4n) is 3.29. The zero-order valence-corrected chi connectivity index (χ0v) is 17.4. The number of pyridine rings is 1. The Bertz CT molecular complexity index is 961. The Hall–Kier alpha value is -3.15. The lowest BCUT2D eigenvalue weighted by Crippen LogP contribution is -2.25. The molecule has 3 rings (SSSR count). The molecule has 0 aliphatic heterocycles. The molecule has 1 amide bonds. The van der Waals surface area contributed by atoms with Crippen LogP contribution in [0.25, 0.3) is 0 Å². The fraction of sp³-hybridized carbons (Fsp3) is 0.333. The molecule has 0 spiro atoms. The van der Waals surface area contributed by atoms with Gasteiger partial charge >= 0.3 is 0 Å². The highest BCUT2D eigenvalue weighted by atomic mass is 19.1. The lowest BCUT2D eigenvalue weighted by Gasteiger charge is -2.14. The first-order chi connectivity index (χ1) is 14.5. The van der Waals surface area contributed by atoms with Crippen LogP contribution in [0.4, 0.5) is 4.39 Å². The number of aromatic nitrogens is 3. The van der Waals surface area contributed by atoms with Crippen LogP contribution in [0.5, 0.6) is 0 Å². The Morgan fingerprint density at radius 3 is 2.57 bits per heavy atom. The Morgan fingerprint density at radius 1 is 1.10 bits per heavy atom. The highest BCUT2D eigenvalue weighted by molar-refractivity contribution is 5.94. The van der Waals surface area contributed by atoms with Gasteiger partial charge < -0.3 is 5.32 Å². The number of unbranched alkanes of at least 4 members (excludes halogenated alkanes) is 1. The number of halogens is 1. The predicted octanol–water partition coefficient (Wildman–Crippen LogP) is 4.48. The summed E-state index contributed by atoms with van der Waals surface area (Å²) >= 11 is 0. The van der Waals surface area contributed by atoms with E-state index in [1.807, 2.05) is 12.1 Å². The molecule has 0 fully saturated rings. The van der Waals surface area contributed by atoms with Crippen molar-refractivity contribution in [3.05, 3.63) is 89.0 Å². The lowest BCUT2D eigenvalue weighted by molar-refractivity contribution is 0.0952. The van der Waals surface area contributed by atoms with Crippen LogP contribution in [0.1, 0.15) is 65.6 Å². The van der Waals surface area contributed by atoms with Crippen LogP contribution in [-0.4, -0.2) is 27.4 Å². The minimum Gasteiger partial charge on any atom is -0.352 e. The molecule has 2 heterocycles. The van der Waals surface area contributed by atoms with Gasteiger partial charge in [0.15, 0.2) is 0 Å². The van der Waals surface area contributed by atoms with Crippen molar-refractivity contribution in [3.63, 3.8) is 0 Å². The SMILES string of the molecule is CCCCNC(=O)c1cc(Cc2cnccn2)nc(C[C@@H](C)c2ccc(F)cc2)c1. The van der Waals surface area contributed by atoms with Crippen molar-refractivity contribution in [2.75, 3.05) is 6.54 Å². The number of carbonyl (C=O) groups excluding carboxylic acids is 1. The first-order valence-electron chi connectivity index (χ1n) is 10.3. The lowest BCUT2D eigenvalue weighted by atomic mass is 9.95. The summed E-state index contributed by atoms with van der Waals surface area (Å²) in [5.41, 5.74) is 4.03. The van der Waals surface area contributed by atoms with E-state index in [0.717, 1.165) is 35.5 Å². The minimum atomic E-state index is -0.249. The zero-order valence-electron chi connectivity index (χ0n) is 17.4. The average Bonchev–Trinajstić information content (AvgIpc) is 2.75. The maximum absolute atomic E-state index is 13.2. The third kappa shape index (κ3) is 6.17. The second-order valence-corrected chi connectivity index (χ2v) is 7.48. The Morgan fingerprint density at radius 2 is 1.87 bits per heavy atom. The predicted molar refractivity (Wildman–Crippen MR) is 115 cm³/mol. The largest absolute Gasteiger partial charge is 0.352 e. The third-order valence-corrected chi connectivity index (χ3v) is 4.94. The van der Waals surface area contributed by atoms with E-state index < -0.39 is 0 Å². The van der Waals surface area contributed by atoms with Crippen molar-refractivity contribution >= 4 is 5.91 Å². The number of amides is 1. The van der Waals surface area contributed by atoms with E-state index in [-0.39, 0.29) is 17.6 Å². The standard InChI is InChI=1S/C24H27FN4O/c1-3-4-9-28-24(30)19-13-21(12-17(2)18-5-7-20(25)8-6-18)29-22(14-19)15-23-16-26-10-11-27-23/h5-8,10-11,13-14,16-17H,3-4,9,12,15H2,1-2H3,(H,28,30)/t17-/m1/s1. The van der Waals surface area contributed by atoms with Crippen molar-refractivity contribution in [1.29, 1.82) is 0 Å². The summed E-state index contributed by atoms with van der Waals surface area (Å²) in [6, 6.07) is 10.2. The molecule has 0 unspecified atom stereocenters. The summed E-state index contributed by atoms with van der Waals surface area (Å²) in [7, 11) is 0. The Labute approximate surface area is 176 Å². The smallest absolute Gasteiger partial charge is 0.251 e. The van der Waals surface area contributed by atoms with Crippen LogP contribution in [0, 0.1) is 5.82 Å². The maximum Gasteiger partial charge on any atom is 0.251 e. The average molecular weight is 407 g/mol. The monoisotopic (exact) mass is 406 g/mol. The highest BCUT2D eigenvalue weighted by Crippen LogP contribution is 2.21. The number of nitrogens with one attached hydrogen (secondary N) is 1. The molecular weight excluding hydrogens is 379 g/mol. The molecule has 2 aromatic heterocycles. The second-order valence-electron chi connectivity index (χ2n) is 7.48. The molecule has 1 N–H and O–H groups in total. The van der Waals surface area contributed by atoms with Gasteiger partial charge in [0.1, 0.15) is 5.82 Å². The number of hydrogen-bond donors (Lipinski definition) is 1. The molecule has 1 aromatic carbocycles. The van der Waals surface area contributed by atoms with Gasteiger partial charge in [-0.05, 0) is 48.6 Å². The van der Waals surface area contributed by atoms with Crippen LogP contribution >= 0.6 is 0 Å². The van der Waals surface area contributed by atoms with Gasteiger partial charge in [0.2, 0.25) is 0 Å². The van der Waals surface area contributed by atoms with E-state index in [2.05, 4.69) is 29.1 Å². The molecule has 3 aromatic rings. The topological polar surface area (TPSA) is 67.8 Å². The zero-order chi connectivity index (χ0) is 21.3. The van der Waals surface area contributed by atoms with E-state index in [4.69, 9.17) is 4.98 Å². The van der Waals surface area contributed by atoms with Crippen molar-refractivity contribution in [1.82, 2.24) is 20.3 Å². The van der Waals surface area contributed by atoms with E-state index in [0.29, 0.717) is 24.9 Å². The molecule has 0 saturated carbocycles. The van der Waals surface area contributed by atoms with Gasteiger partial charge in [0.05, 0.1) is 5.69 Å². The molecule has 6 heteroatoms. The van der Waals surface area contributed by atoms with Crippen LogP contribution in [0.3, 0.4) is 0 Å².